The predicted molar refractivity (Wildman–Crippen MR) is 103 cm³/mol. The van der Waals surface area contributed by atoms with Gasteiger partial charge in [-0.05, 0) is 29.1 Å². The summed E-state index contributed by atoms with van der Waals surface area (Å²) in [7, 11) is 0. The van der Waals surface area contributed by atoms with Crippen LogP contribution in [0.3, 0.4) is 0 Å². The molecule has 1 aliphatic heterocycles. The molecule has 0 saturated carbocycles. The highest BCUT2D eigenvalue weighted by molar-refractivity contribution is 7.19. The van der Waals surface area contributed by atoms with Crippen molar-refractivity contribution in [2.45, 2.75) is 25.2 Å². The maximum Gasteiger partial charge on any atom is 0.130 e. The summed E-state index contributed by atoms with van der Waals surface area (Å²) >= 11 is 1.36. The Labute approximate surface area is 159 Å². The van der Waals surface area contributed by atoms with Gasteiger partial charge in [-0.3, -0.25) is 0 Å². The molecule has 0 bridgehead atoms. The number of hydrogen-bond donors (Lipinski definition) is 2. The molecule has 0 amide bonds. The highest BCUT2D eigenvalue weighted by Crippen LogP contribution is 2.43. The van der Waals surface area contributed by atoms with Gasteiger partial charge in [-0.2, -0.15) is 0 Å². The first-order valence-corrected chi connectivity index (χ1v) is 9.59. The Balaban J connectivity index is 1.51. The number of aliphatic hydroxyl groups excluding tert-OH is 2. The van der Waals surface area contributed by atoms with Crippen LogP contribution in [-0.4, -0.2) is 19.8 Å². The second-order valence-electron chi connectivity index (χ2n) is 6.82. The van der Waals surface area contributed by atoms with Gasteiger partial charge in [0.2, 0.25) is 0 Å². The van der Waals surface area contributed by atoms with Crippen LogP contribution >= 0.6 is 11.3 Å². The fourth-order valence-corrected chi connectivity index (χ4v) is 4.91. The average Bonchev–Trinajstić information content (AvgIpc) is 3.36. The molecule has 4 nitrogen and oxygen atoms in total. The fraction of sp³-hybridized carbons (Fsp3) is 0.190. The van der Waals surface area contributed by atoms with Gasteiger partial charge in [0.25, 0.3) is 0 Å². The van der Waals surface area contributed by atoms with Crippen LogP contribution in [0.25, 0.3) is 21.3 Å². The van der Waals surface area contributed by atoms with Crippen molar-refractivity contribution < 1.29 is 14.6 Å². The van der Waals surface area contributed by atoms with E-state index >= 15 is 0 Å². The molecule has 4 aromatic rings. The zero-order chi connectivity index (χ0) is 18.5. The van der Waals surface area contributed by atoms with Gasteiger partial charge in [-0.15, -0.1) is 11.3 Å². The van der Waals surface area contributed by atoms with Crippen molar-refractivity contribution in [3.8, 4) is 11.3 Å². The van der Waals surface area contributed by atoms with Crippen molar-refractivity contribution in [1.82, 2.24) is 9.55 Å². The first-order chi connectivity index (χ1) is 13.2. The SMILES string of the molecule is OCc1cc2cc(C(O)CC3c4ccccc4-c4cncn43)c(F)cc2s1. The standard InChI is InChI=1S/C21H17FN2O2S/c22-17-7-21-12(5-13(10-25)27-21)6-16(17)20(26)8-18-14-3-1-2-4-15(14)19-9-23-11-24(18)19/h1-7,9,11,18,20,25-26H,8,10H2. The second-order valence-corrected chi connectivity index (χ2v) is 7.99. The van der Waals surface area contributed by atoms with Crippen LogP contribution in [0.5, 0.6) is 0 Å². The van der Waals surface area contributed by atoms with Gasteiger partial charge >= 0.3 is 0 Å². The number of hydrogen-bond acceptors (Lipinski definition) is 4. The summed E-state index contributed by atoms with van der Waals surface area (Å²) in [4.78, 5) is 5.01. The lowest BCUT2D eigenvalue weighted by atomic mass is 9.95. The molecule has 136 valence electrons. The van der Waals surface area contributed by atoms with Crippen LogP contribution in [-0.2, 0) is 6.61 Å². The number of rotatable bonds is 4. The monoisotopic (exact) mass is 380 g/mol. The molecule has 1 aliphatic rings. The Bertz CT molecular complexity index is 1150. The fourth-order valence-electron chi connectivity index (χ4n) is 3.98. The van der Waals surface area contributed by atoms with E-state index in [9.17, 15) is 14.6 Å². The van der Waals surface area contributed by atoms with Crippen molar-refractivity contribution >= 4 is 21.4 Å². The molecule has 2 unspecified atom stereocenters. The van der Waals surface area contributed by atoms with Crippen molar-refractivity contribution in [1.29, 1.82) is 0 Å². The van der Waals surface area contributed by atoms with E-state index in [0.29, 0.717) is 6.42 Å². The predicted octanol–water partition coefficient (Wildman–Crippen LogP) is 4.42. The summed E-state index contributed by atoms with van der Waals surface area (Å²) < 4.78 is 17.5. The molecule has 3 heterocycles. The highest BCUT2D eigenvalue weighted by Gasteiger charge is 2.30. The third-order valence-electron chi connectivity index (χ3n) is 5.25. The summed E-state index contributed by atoms with van der Waals surface area (Å²) in [6, 6.07) is 13.0. The number of thiophene rings is 1. The highest BCUT2D eigenvalue weighted by atomic mass is 32.1. The Hall–Kier alpha value is -2.54. The molecule has 0 saturated heterocycles. The molecule has 6 heteroatoms. The minimum absolute atomic E-state index is 0.0683. The zero-order valence-electron chi connectivity index (χ0n) is 14.3. The maximum atomic E-state index is 14.7. The molecular weight excluding hydrogens is 363 g/mol. The molecule has 2 aromatic carbocycles. The summed E-state index contributed by atoms with van der Waals surface area (Å²) in [6.45, 7) is -0.0683. The molecule has 2 aromatic heterocycles. The Morgan fingerprint density at radius 2 is 2.07 bits per heavy atom. The minimum Gasteiger partial charge on any atom is -0.391 e. The lowest BCUT2D eigenvalue weighted by Crippen LogP contribution is -2.11. The number of nitrogens with zero attached hydrogens (tertiary/aromatic N) is 2. The van der Waals surface area contributed by atoms with Gasteiger partial charge in [0.15, 0.2) is 0 Å². The van der Waals surface area contributed by atoms with Crippen molar-refractivity contribution in [3.05, 3.63) is 76.8 Å². The smallest absolute Gasteiger partial charge is 0.130 e. The van der Waals surface area contributed by atoms with Crippen LogP contribution in [0.15, 0.2) is 55.0 Å². The zero-order valence-corrected chi connectivity index (χ0v) is 15.2. The topological polar surface area (TPSA) is 58.3 Å². The van der Waals surface area contributed by atoms with Gasteiger partial charge in [0, 0.05) is 27.1 Å². The van der Waals surface area contributed by atoms with Crippen molar-refractivity contribution in [2.75, 3.05) is 0 Å². The maximum absolute atomic E-state index is 14.7. The normalized spacial score (nSPS) is 16.5. The quantitative estimate of drug-likeness (QED) is 0.551. The van der Waals surface area contributed by atoms with Gasteiger partial charge in [-0.1, -0.05) is 24.3 Å². The van der Waals surface area contributed by atoms with E-state index < -0.39 is 11.9 Å². The summed E-state index contributed by atoms with van der Waals surface area (Å²) in [5.41, 5.74) is 3.53. The van der Waals surface area contributed by atoms with Crippen LogP contribution in [0.2, 0.25) is 0 Å². The largest absolute Gasteiger partial charge is 0.391 e. The van der Waals surface area contributed by atoms with Crippen molar-refractivity contribution in [2.24, 2.45) is 0 Å². The molecule has 27 heavy (non-hydrogen) atoms. The van der Waals surface area contributed by atoms with Crippen LogP contribution in [0, 0.1) is 5.82 Å². The molecule has 0 fully saturated rings. The van der Waals surface area contributed by atoms with E-state index in [4.69, 9.17) is 0 Å². The van der Waals surface area contributed by atoms with Crippen molar-refractivity contribution in [3.63, 3.8) is 0 Å². The molecule has 5 rings (SSSR count). The second kappa shape index (κ2) is 6.27. The van der Waals surface area contributed by atoms with E-state index in [0.717, 1.165) is 31.8 Å². The van der Waals surface area contributed by atoms with Gasteiger partial charge in [0.05, 0.1) is 37.0 Å². The van der Waals surface area contributed by atoms with E-state index in [-0.39, 0.29) is 18.2 Å². The number of aromatic nitrogens is 2. The minimum atomic E-state index is -0.946. The summed E-state index contributed by atoms with van der Waals surface area (Å²) in [6.07, 6.45) is 3.00. The molecule has 2 atom stereocenters. The molecule has 2 N–H and O–H groups in total. The molecule has 0 aliphatic carbocycles. The van der Waals surface area contributed by atoms with Gasteiger partial charge in [0.1, 0.15) is 5.82 Å². The number of benzene rings is 2. The number of imidazole rings is 1. The van der Waals surface area contributed by atoms with Crippen LogP contribution < -0.4 is 0 Å². The third-order valence-corrected chi connectivity index (χ3v) is 6.33. The average molecular weight is 380 g/mol. The van der Waals surface area contributed by atoms with Crippen LogP contribution in [0.4, 0.5) is 4.39 Å². The van der Waals surface area contributed by atoms with E-state index in [1.165, 1.54) is 17.4 Å². The molecule has 0 spiro atoms. The Morgan fingerprint density at radius 1 is 1.22 bits per heavy atom. The van der Waals surface area contributed by atoms with E-state index in [1.807, 2.05) is 41.1 Å². The number of fused-ring (bicyclic) bond motifs is 4. The van der Waals surface area contributed by atoms with E-state index in [2.05, 4.69) is 4.98 Å². The molecular formula is C21H17FN2O2S. The summed E-state index contributed by atoms with van der Waals surface area (Å²) in [5.74, 6) is -0.418. The first kappa shape index (κ1) is 16.6. The summed E-state index contributed by atoms with van der Waals surface area (Å²) in [5, 5.41) is 21.0. The van der Waals surface area contributed by atoms with Gasteiger partial charge < -0.3 is 14.8 Å². The van der Waals surface area contributed by atoms with Crippen LogP contribution in [0.1, 0.15) is 34.6 Å². The Kier molecular flexibility index (Phi) is 3.86. The number of aliphatic hydroxyl groups is 2. The van der Waals surface area contributed by atoms with Gasteiger partial charge in [-0.25, -0.2) is 9.37 Å². The molecule has 0 radical (unpaired) electrons. The lowest BCUT2D eigenvalue weighted by molar-refractivity contribution is 0.149. The first-order valence-electron chi connectivity index (χ1n) is 8.77. The lowest BCUT2D eigenvalue weighted by Gasteiger charge is -2.20. The number of halogens is 1. The van der Waals surface area contributed by atoms with E-state index in [1.54, 1.807) is 12.4 Å². The Morgan fingerprint density at radius 3 is 2.93 bits per heavy atom. The third kappa shape index (κ3) is 2.60.